The predicted octanol–water partition coefficient (Wildman–Crippen LogP) is 1.74. The Kier molecular flexibility index (Phi) is 5.90. The predicted molar refractivity (Wildman–Crippen MR) is 111 cm³/mol. The number of fused-ring (bicyclic) bond motifs is 1. The molecule has 0 bridgehead atoms. The van der Waals surface area contributed by atoms with Crippen LogP contribution in [0.2, 0.25) is 0 Å². The molecule has 0 spiro atoms. The van der Waals surface area contributed by atoms with E-state index in [9.17, 15) is 18.0 Å². The molecule has 9 heteroatoms. The van der Waals surface area contributed by atoms with Crippen LogP contribution in [0.3, 0.4) is 0 Å². The highest BCUT2D eigenvalue weighted by atomic mass is 32.2. The molecule has 8 nitrogen and oxygen atoms in total. The minimum atomic E-state index is -3.76. The van der Waals surface area contributed by atoms with Crippen molar-refractivity contribution in [2.75, 3.05) is 0 Å². The Balaban J connectivity index is 1.79. The summed E-state index contributed by atoms with van der Waals surface area (Å²) in [5.41, 5.74) is 2.03. The van der Waals surface area contributed by atoms with Crippen molar-refractivity contribution in [3.8, 4) is 0 Å². The van der Waals surface area contributed by atoms with Gasteiger partial charge in [-0.15, -0.1) is 0 Å². The molecular weight excluding hydrogens is 392 g/mol. The Hall–Kier alpha value is -2.91. The lowest BCUT2D eigenvalue weighted by molar-refractivity contribution is -0.122. The Bertz CT molecular complexity index is 1190. The van der Waals surface area contributed by atoms with Crippen LogP contribution in [0.25, 0.3) is 11.0 Å². The van der Waals surface area contributed by atoms with Crippen LogP contribution in [0, 0.1) is 0 Å². The zero-order valence-corrected chi connectivity index (χ0v) is 17.1. The number of nitrogens with zero attached hydrogens (tertiary/aromatic N) is 2. The minimum absolute atomic E-state index is 0.00932. The van der Waals surface area contributed by atoms with Gasteiger partial charge in [0.05, 0.1) is 22.0 Å². The lowest BCUT2D eigenvalue weighted by Gasteiger charge is -2.15. The SMILES string of the molecule is CCCn1c(=O)n(CC(=O)NC(C)c2ccc(S(N)(=O)=O)cc2)c2ccccc21. The first kappa shape index (κ1) is 20.8. The fourth-order valence-corrected chi connectivity index (χ4v) is 3.84. The third kappa shape index (κ3) is 4.41. The van der Waals surface area contributed by atoms with Gasteiger partial charge in [0, 0.05) is 6.54 Å². The minimum Gasteiger partial charge on any atom is -0.348 e. The van der Waals surface area contributed by atoms with E-state index in [0.29, 0.717) is 12.1 Å². The average molecular weight is 417 g/mol. The van der Waals surface area contributed by atoms with Gasteiger partial charge < -0.3 is 5.32 Å². The molecular formula is C20H24N4O4S. The van der Waals surface area contributed by atoms with E-state index in [2.05, 4.69) is 5.32 Å². The number of carbonyl (C=O) groups excluding carboxylic acids is 1. The van der Waals surface area contributed by atoms with Gasteiger partial charge in [0.15, 0.2) is 0 Å². The quantitative estimate of drug-likeness (QED) is 0.610. The van der Waals surface area contributed by atoms with Crippen LogP contribution in [-0.2, 0) is 27.9 Å². The lowest BCUT2D eigenvalue weighted by atomic mass is 10.1. The van der Waals surface area contributed by atoms with E-state index < -0.39 is 10.0 Å². The van der Waals surface area contributed by atoms with Gasteiger partial charge in [-0.1, -0.05) is 31.2 Å². The van der Waals surface area contributed by atoms with Gasteiger partial charge in [-0.2, -0.15) is 0 Å². The maximum absolute atomic E-state index is 12.8. The summed E-state index contributed by atoms with van der Waals surface area (Å²) in [6.45, 7) is 4.26. The number of hydrogen-bond acceptors (Lipinski definition) is 4. The van der Waals surface area contributed by atoms with E-state index in [1.54, 1.807) is 23.6 Å². The number of rotatable bonds is 7. The largest absolute Gasteiger partial charge is 0.348 e. The second-order valence-corrected chi connectivity index (χ2v) is 8.47. The Morgan fingerprint density at radius 2 is 1.66 bits per heavy atom. The van der Waals surface area contributed by atoms with E-state index in [-0.39, 0.29) is 29.1 Å². The molecule has 0 saturated heterocycles. The molecule has 3 aromatic rings. The highest BCUT2D eigenvalue weighted by Crippen LogP contribution is 2.16. The zero-order chi connectivity index (χ0) is 21.2. The van der Waals surface area contributed by atoms with Crippen LogP contribution in [-0.4, -0.2) is 23.5 Å². The van der Waals surface area contributed by atoms with E-state index in [4.69, 9.17) is 5.14 Å². The molecule has 1 amide bonds. The molecule has 0 radical (unpaired) electrons. The molecule has 1 heterocycles. The fraction of sp³-hybridized carbons (Fsp3) is 0.300. The summed E-state index contributed by atoms with van der Waals surface area (Å²) in [6.07, 6.45) is 0.811. The molecule has 1 atom stereocenters. The molecule has 0 fully saturated rings. The molecule has 3 N–H and O–H groups in total. The Labute approximate surface area is 169 Å². The van der Waals surface area contributed by atoms with Crippen LogP contribution in [0.4, 0.5) is 0 Å². The number of nitrogens with two attached hydrogens (primary N) is 1. The number of para-hydroxylation sites is 2. The Morgan fingerprint density at radius 3 is 2.21 bits per heavy atom. The van der Waals surface area contributed by atoms with Crippen molar-refractivity contribution in [2.45, 2.75) is 44.3 Å². The van der Waals surface area contributed by atoms with Crippen molar-refractivity contribution in [3.63, 3.8) is 0 Å². The number of sulfonamides is 1. The van der Waals surface area contributed by atoms with Crippen molar-refractivity contribution in [1.29, 1.82) is 0 Å². The molecule has 1 aromatic heterocycles. The van der Waals surface area contributed by atoms with Gasteiger partial charge in [-0.25, -0.2) is 18.4 Å². The van der Waals surface area contributed by atoms with Gasteiger partial charge in [-0.3, -0.25) is 13.9 Å². The van der Waals surface area contributed by atoms with E-state index in [1.807, 2.05) is 31.2 Å². The van der Waals surface area contributed by atoms with Crippen LogP contribution < -0.4 is 16.1 Å². The normalized spacial score (nSPS) is 12.8. The number of hydrogen-bond donors (Lipinski definition) is 2. The van der Waals surface area contributed by atoms with Crippen molar-refractivity contribution >= 4 is 27.0 Å². The maximum Gasteiger partial charge on any atom is 0.329 e. The highest BCUT2D eigenvalue weighted by molar-refractivity contribution is 7.89. The molecule has 3 rings (SSSR count). The van der Waals surface area contributed by atoms with Crippen LogP contribution in [0.5, 0.6) is 0 Å². The molecule has 29 heavy (non-hydrogen) atoms. The molecule has 0 saturated carbocycles. The zero-order valence-electron chi connectivity index (χ0n) is 16.3. The second kappa shape index (κ2) is 8.22. The average Bonchev–Trinajstić information content (AvgIpc) is 2.93. The summed E-state index contributed by atoms with van der Waals surface area (Å²) >= 11 is 0. The fourth-order valence-electron chi connectivity index (χ4n) is 3.33. The summed E-state index contributed by atoms with van der Waals surface area (Å²) in [5, 5.41) is 7.95. The molecule has 154 valence electrons. The number of nitrogens with one attached hydrogen (secondary N) is 1. The Morgan fingerprint density at radius 1 is 1.07 bits per heavy atom. The smallest absolute Gasteiger partial charge is 0.329 e. The van der Waals surface area contributed by atoms with Crippen molar-refractivity contribution in [1.82, 2.24) is 14.5 Å². The molecule has 0 aliphatic carbocycles. The highest BCUT2D eigenvalue weighted by Gasteiger charge is 2.17. The third-order valence-corrected chi connectivity index (χ3v) is 5.69. The number of benzene rings is 2. The van der Waals surface area contributed by atoms with Crippen LogP contribution in [0.15, 0.2) is 58.2 Å². The van der Waals surface area contributed by atoms with Gasteiger partial charge in [0.1, 0.15) is 6.54 Å². The molecule has 2 aromatic carbocycles. The second-order valence-electron chi connectivity index (χ2n) is 6.91. The number of carbonyl (C=O) groups is 1. The van der Waals surface area contributed by atoms with Gasteiger partial charge in [-0.05, 0) is 43.2 Å². The van der Waals surface area contributed by atoms with E-state index in [1.165, 1.54) is 16.7 Å². The lowest BCUT2D eigenvalue weighted by Crippen LogP contribution is -2.34. The first-order valence-corrected chi connectivity index (χ1v) is 10.9. The summed E-state index contributed by atoms with van der Waals surface area (Å²) in [6, 6.07) is 13.0. The molecule has 1 unspecified atom stereocenters. The monoisotopic (exact) mass is 416 g/mol. The number of aromatic nitrogens is 2. The van der Waals surface area contributed by atoms with Crippen LogP contribution in [0.1, 0.15) is 31.9 Å². The van der Waals surface area contributed by atoms with Gasteiger partial charge in [0.2, 0.25) is 15.9 Å². The number of aryl methyl sites for hydroxylation is 1. The topological polar surface area (TPSA) is 116 Å². The molecule has 0 aliphatic heterocycles. The summed E-state index contributed by atoms with van der Waals surface area (Å²) in [7, 11) is -3.76. The van der Waals surface area contributed by atoms with Crippen molar-refractivity contribution < 1.29 is 13.2 Å². The third-order valence-electron chi connectivity index (χ3n) is 4.76. The van der Waals surface area contributed by atoms with Crippen LogP contribution >= 0.6 is 0 Å². The summed E-state index contributed by atoms with van der Waals surface area (Å²) in [5.74, 6) is -0.311. The van der Waals surface area contributed by atoms with Crippen molar-refractivity contribution in [3.05, 3.63) is 64.6 Å². The van der Waals surface area contributed by atoms with Gasteiger partial charge >= 0.3 is 5.69 Å². The maximum atomic E-state index is 12.8. The summed E-state index contributed by atoms with van der Waals surface area (Å²) < 4.78 is 25.9. The van der Waals surface area contributed by atoms with Crippen molar-refractivity contribution in [2.24, 2.45) is 5.14 Å². The first-order chi connectivity index (χ1) is 13.7. The first-order valence-electron chi connectivity index (χ1n) is 9.32. The number of imidazole rings is 1. The molecule has 0 aliphatic rings. The number of primary sulfonamides is 1. The summed E-state index contributed by atoms with van der Waals surface area (Å²) in [4.78, 5) is 25.4. The number of amides is 1. The van der Waals surface area contributed by atoms with E-state index in [0.717, 1.165) is 17.5 Å². The van der Waals surface area contributed by atoms with Gasteiger partial charge in [0.25, 0.3) is 0 Å². The standard InChI is InChI=1S/C20H24N4O4S/c1-3-12-23-17-6-4-5-7-18(17)24(20(23)26)13-19(25)22-14(2)15-8-10-16(11-9-15)29(21,27)28/h4-11,14H,3,12-13H2,1-2H3,(H,22,25)(H2,21,27,28). The van der Waals surface area contributed by atoms with E-state index >= 15 is 0 Å².